The van der Waals surface area contributed by atoms with E-state index in [2.05, 4.69) is 20.6 Å². The second-order valence-corrected chi connectivity index (χ2v) is 5.24. The zero-order valence-corrected chi connectivity index (χ0v) is 12.6. The summed E-state index contributed by atoms with van der Waals surface area (Å²) < 4.78 is 1.71. The van der Waals surface area contributed by atoms with Gasteiger partial charge in [0.1, 0.15) is 5.69 Å². The molecule has 2 heterocycles. The SMILES string of the molecule is Cn1nccc1CNC(=O)c1cc(-c2ccc(Cl)cc2)n[nH]1. The molecular formula is C15H14ClN5O. The molecule has 0 fully saturated rings. The molecule has 2 aromatic heterocycles. The van der Waals surface area contributed by atoms with E-state index in [4.69, 9.17) is 11.6 Å². The minimum atomic E-state index is -0.214. The Hall–Kier alpha value is -2.60. The highest BCUT2D eigenvalue weighted by molar-refractivity contribution is 6.30. The fourth-order valence-electron chi connectivity index (χ4n) is 2.05. The van der Waals surface area contributed by atoms with Gasteiger partial charge in [-0.3, -0.25) is 14.6 Å². The predicted molar refractivity (Wildman–Crippen MR) is 83.4 cm³/mol. The van der Waals surface area contributed by atoms with E-state index in [0.29, 0.717) is 23.0 Å². The van der Waals surface area contributed by atoms with Crippen LogP contribution in [0.15, 0.2) is 42.6 Å². The number of aromatic amines is 1. The number of hydrogen-bond acceptors (Lipinski definition) is 3. The summed E-state index contributed by atoms with van der Waals surface area (Å²) in [6.45, 7) is 0.407. The van der Waals surface area contributed by atoms with E-state index >= 15 is 0 Å². The monoisotopic (exact) mass is 315 g/mol. The van der Waals surface area contributed by atoms with E-state index in [9.17, 15) is 4.79 Å². The summed E-state index contributed by atoms with van der Waals surface area (Å²) in [6, 6.07) is 10.8. The number of benzene rings is 1. The number of carbonyl (C=O) groups excluding carboxylic acids is 1. The third kappa shape index (κ3) is 3.01. The number of rotatable bonds is 4. The largest absolute Gasteiger partial charge is 0.345 e. The van der Waals surface area contributed by atoms with Crippen LogP contribution >= 0.6 is 11.6 Å². The molecule has 2 N–H and O–H groups in total. The van der Waals surface area contributed by atoms with Gasteiger partial charge < -0.3 is 5.32 Å². The van der Waals surface area contributed by atoms with Crippen molar-refractivity contribution in [3.8, 4) is 11.3 Å². The maximum atomic E-state index is 12.1. The van der Waals surface area contributed by atoms with Gasteiger partial charge >= 0.3 is 0 Å². The van der Waals surface area contributed by atoms with Crippen molar-refractivity contribution in [1.29, 1.82) is 0 Å². The molecule has 0 atom stereocenters. The number of amides is 1. The molecule has 1 aromatic carbocycles. The number of H-pyrrole nitrogens is 1. The van der Waals surface area contributed by atoms with Crippen molar-refractivity contribution in [1.82, 2.24) is 25.3 Å². The number of carbonyl (C=O) groups is 1. The number of halogens is 1. The molecular weight excluding hydrogens is 302 g/mol. The Morgan fingerprint density at radius 3 is 2.77 bits per heavy atom. The maximum absolute atomic E-state index is 12.1. The third-order valence-electron chi connectivity index (χ3n) is 3.31. The van der Waals surface area contributed by atoms with E-state index in [0.717, 1.165) is 11.3 Å². The van der Waals surface area contributed by atoms with Gasteiger partial charge in [0.15, 0.2) is 0 Å². The summed E-state index contributed by atoms with van der Waals surface area (Å²) >= 11 is 5.86. The highest BCUT2D eigenvalue weighted by atomic mass is 35.5. The molecule has 0 unspecified atom stereocenters. The first-order chi connectivity index (χ1) is 10.6. The zero-order chi connectivity index (χ0) is 15.5. The van der Waals surface area contributed by atoms with Crippen LogP contribution in [0.3, 0.4) is 0 Å². The molecule has 0 saturated carbocycles. The maximum Gasteiger partial charge on any atom is 0.269 e. The standard InChI is InChI=1S/C15H14ClN5O/c1-21-12(6-7-18-21)9-17-15(22)14-8-13(19-20-14)10-2-4-11(16)5-3-10/h2-8H,9H2,1H3,(H,17,22)(H,19,20). The van der Waals surface area contributed by atoms with Crippen LogP contribution in [0.1, 0.15) is 16.2 Å². The lowest BCUT2D eigenvalue weighted by Gasteiger charge is -2.03. The van der Waals surface area contributed by atoms with Gasteiger partial charge in [-0.05, 0) is 24.3 Å². The van der Waals surface area contributed by atoms with Crippen LogP contribution in [-0.2, 0) is 13.6 Å². The van der Waals surface area contributed by atoms with Gasteiger partial charge in [-0.25, -0.2) is 0 Å². The van der Waals surface area contributed by atoms with Crippen molar-refractivity contribution in [2.75, 3.05) is 0 Å². The van der Waals surface area contributed by atoms with E-state index in [1.54, 1.807) is 29.1 Å². The van der Waals surface area contributed by atoms with Crippen LogP contribution in [0.2, 0.25) is 5.02 Å². The summed E-state index contributed by atoms with van der Waals surface area (Å²) in [7, 11) is 1.83. The molecule has 1 amide bonds. The molecule has 0 saturated heterocycles. The van der Waals surface area contributed by atoms with Crippen molar-refractivity contribution >= 4 is 17.5 Å². The van der Waals surface area contributed by atoms with Crippen molar-refractivity contribution < 1.29 is 4.79 Å². The molecule has 0 bridgehead atoms. The molecule has 0 aliphatic rings. The van der Waals surface area contributed by atoms with E-state index in [-0.39, 0.29) is 5.91 Å². The number of aromatic nitrogens is 4. The second kappa shape index (κ2) is 6.03. The highest BCUT2D eigenvalue weighted by Crippen LogP contribution is 2.20. The van der Waals surface area contributed by atoms with Gasteiger partial charge in [0.2, 0.25) is 0 Å². The lowest BCUT2D eigenvalue weighted by atomic mass is 10.1. The molecule has 6 nitrogen and oxygen atoms in total. The van der Waals surface area contributed by atoms with E-state index < -0.39 is 0 Å². The van der Waals surface area contributed by atoms with E-state index in [1.165, 1.54) is 0 Å². The predicted octanol–water partition coefficient (Wildman–Crippen LogP) is 2.39. The Kier molecular flexibility index (Phi) is 3.93. The average Bonchev–Trinajstić information content (AvgIpc) is 3.15. The van der Waals surface area contributed by atoms with Crippen LogP contribution in [0.4, 0.5) is 0 Å². The van der Waals surface area contributed by atoms with Crippen molar-refractivity contribution in [2.45, 2.75) is 6.54 Å². The van der Waals surface area contributed by atoms with Gasteiger partial charge in [-0.1, -0.05) is 23.7 Å². The minimum absolute atomic E-state index is 0.214. The summed E-state index contributed by atoms with van der Waals surface area (Å²) in [6.07, 6.45) is 1.69. The number of aryl methyl sites for hydroxylation is 1. The van der Waals surface area contributed by atoms with Crippen molar-refractivity contribution in [3.63, 3.8) is 0 Å². The summed E-state index contributed by atoms with van der Waals surface area (Å²) in [5.41, 5.74) is 2.92. The number of nitrogens with zero attached hydrogens (tertiary/aromatic N) is 3. The average molecular weight is 316 g/mol. The smallest absolute Gasteiger partial charge is 0.269 e. The van der Waals surface area contributed by atoms with Gasteiger partial charge in [-0.2, -0.15) is 10.2 Å². The summed E-state index contributed by atoms with van der Waals surface area (Å²) in [5.74, 6) is -0.214. The molecule has 0 spiro atoms. The second-order valence-electron chi connectivity index (χ2n) is 4.80. The summed E-state index contributed by atoms with van der Waals surface area (Å²) in [4.78, 5) is 12.1. The van der Waals surface area contributed by atoms with Crippen molar-refractivity contribution in [2.24, 2.45) is 7.05 Å². The molecule has 0 radical (unpaired) electrons. The Labute approximate surface area is 132 Å². The van der Waals surface area contributed by atoms with Gasteiger partial charge in [0.25, 0.3) is 5.91 Å². The van der Waals surface area contributed by atoms with Crippen LogP contribution in [0, 0.1) is 0 Å². The zero-order valence-electron chi connectivity index (χ0n) is 11.9. The topological polar surface area (TPSA) is 75.6 Å². The normalized spacial score (nSPS) is 10.6. The van der Waals surface area contributed by atoms with Gasteiger partial charge in [-0.15, -0.1) is 0 Å². The van der Waals surface area contributed by atoms with Crippen molar-refractivity contribution in [3.05, 3.63) is 59.0 Å². The van der Waals surface area contributed by atoms with E-state index in [1.807, 2.05) is 25.2 Å². The molecule has 112 valence electrons. The Balaban J connectivity index is 1.69. The number of hydrogen-bond donors (Lipinski definition) is 2. The Morgan fingerprint density at radius 1 is 1.32 bits per heavy atom. The van der Waals surface area contributed by atoms with Crippen LogP contribution in [-0.4, -0.2) is 25.9 Å². The molecule has 3 rings (SSSR count). The fourth-order valence-corrected chi connectivity index (χ4v) is 2.17. The first kappa shape index (κ1) is 14.3. The fraction of sp³-hybridized carbons (Fsp3) is 0.133. The first-order valence-electron chi connectivity index (χ1n) is 6.70. The van der Waals surface area contributed by atoms with Gasteiger partial charge in [0, 0.05) is 23.8 Å². The van der Waals surface area contributed by atoms with Crippen LogP contribution in [0.5, 0.6) is 0 Å². The van der Waals surface area contributed by atoms with Crippen LogP contribution < -0.4 is 5.32 Å². The molecule has 3 aromatic rings. The first-order valence-corrected chi connectivity index (χ1v) is 7.08. The minimum Gasteiger partial charge on any atom is -0.345 e. The lowest BCUT2D eigenvalue weighted by molar-refractivity contribution is 0.0945. The van der Waals surface area contributed by atoms with Crippen LogP contribution in [0.25, 0.3) is 11.3 Å². The summed E-state index contributed by atoms with van der Waals surface area (Å²) in [5, 5.41) is 14.4. The lowest BCUT2D eigenvalue weighted by Crippen LogP contribution is -2.24. The molecule has 0 aliphatic heterocycles. The number of nitrogens with one attached hydrogen (secondary N) is 2. The Bertz CT molecular complexity index is 790. The highest BCUT2D eigenvalue weighted by Gasteiger charge is 2.11. The molecule has 22 heavy (non-hydrogen) atoms. The molecule has 0 aliphatic carbocycles. The third-order valence-corrected chi connectivity index (χ3v) is 3.57. The quantitative estimate of drug-likeness (QED) is 0.776. The van der Waals surface area contributed by atoms with Gasteiger partial charge in [0.05, 0.1) is 17.9 Å². The Morgan fingerprint density at radius 2 is 2.09 bits per heavy atom. The molecule has 7 heteroatoms.